The zero-order chi connectivity index (χ0) is 24.3. The lowest BCUT2D eigenvalue weighted by Crippen LogP contribution is -3.22. The van der Waals surface area contributed by atoms with Gasteiger partial charge in [-0.15, -0.1) is 0 Å². The molecule has 2 aromatic rings. The SMILES string of the molecule is COc1ccc(N2C(=O)c3ccccc3C(C=NCC3([NH+]4CCOCC4)CCCCC3)C2=O)cc1. The van der Waals surface area contributed by atoms with E-state index in [4.69, 9.17) is 14.5 Å². The summed E-state index contributed by atoms with van der Waals surface area (Å²) in [5.74, 6) is -0.486. The average Bonchev–Trinajstić information content (AvgIpc) is 2.92. The highest BCUT2D eigenvalue weighted by atomic mass is 16.5. The molecule has 0 aromatic heterocycles. The van der Waals surface area contributed by atoms with E-state index < -0.39 is 5.92 Å². The number of rotatable bonds is 6. The summed E-state index contributed by atoms with van der Waals surface area (Å²) in [7, 11) is 1.59. The van der Waals surface area contributed by atoms with Crippen molar-refractivity contribution in [2.24, 2.45) is 4.99 Å². The Morgan fingerprint density at radius 3 is 2.49 bits per heavy atom. The first kappa shape index (κ1) is 23.7. The predicted octanol–water partition coefficient (Wildman–Crippen LogP) is 2.65. The van der Waals surface area contributed by atoms with Gasteiger partial charge in [-0.2, -0.15) is 0 Å². The minimum atomic E-state index is -0.591. The number of fused-ring (bicyclic) bond motifs is 1. The van der Waals surface area contributed by atoms with Gasteiger partial charge in [0.2, 0.25) is 5.91 Å². The molecule has 1 unspecified atom stereocenters. The smallest absolute Gasteiger partial charge is 0.265 e. The fourth-order valence-electron chi connectivity index (χ4n) is 5.91. The van der Waals surface area contributed by atoms with Crippen molar-refractivity contribution in [3.05, 3.63) is 59.7 Å². The van der Waals surface area contributed by atoms with Crippen LogP contribution in [0.3, 0.4) is 0 Å². The molecule has 2 aliphatic heterocycles. The normalized spacial score (nSPS) is 22.9. The van der Waals surface area contributed by atoms with Crippen molar-refractivity contribution >= 4 is 23.7 Å². The van der Waals surface area contributed by atoms with E-state index in [1.54, 1.807) is 48.6 Å². The molecule has 0 spiro atoms. The van der Waals surface area contributed by atoms with Crippen LogP contribution >= 0.6 is 0 Å². The number of ether oxygens (including phenoxy) is 2. The van der Waals surface area contributed by atoms with Crippen molar-refractivity contribution < 1.29 is 24.0 Å². The van der Waals surface area contributed by atoms with E-state index in [1.807, 2.05) is 18.2 Å². The summed E-state index contributed by atoms with van der Waals surface area (Å²) in [6.45, 7) is 4.33. The van der Waals surface area contributed by atoms with Crippen molar-refractivity contribution in [2.45, 2.75) is 43.6 Å². The van der Waals surface area contributed by atoms with Crippen LogP contribution in [0.15, 0.2) is 53.5 Å². The number of methoxy groups -OCH3 is 1. The second-order valence-corrected chi connectivity index (χ2v) is 9.79. The number of amides is 2. The number of aliphatic imine (C=N–C) groups is 1. The number of quaternary nitrogens is 1. The number of anilines is 1. The van der Waals surface area contributed by atoms with Gasteiger partial charge in [0, 0.05) is 24.6 Å². The molecule has 1 saturated carbocycles. The van der Waals surface area contributed by atoms with Crippen LogP contribution in [-0.4, -0.2) is 63.5 Å². The van der Waals surface area contributed by atoms with Crippen molar-refractivity contribution in [3.63, 3.8) is 0 Å². The zero-order valence-electron chi connectivity index (χ0n) is 20.4. The minimum Gasteiger partial charge on any atom is -0.497 e. The van der Waals surface area contributed by atoms with Gasteiger partial charge in [0.1, 0.15) is 24.4 Å². The molecular formula is C28H34N3O4+. The summed E-state index contributed by atoms with van der Waals surface area (Å²) in [6.07, 6.45) is 7.84. The molecule has 5 rings (SSSR count). The molecule has 1 N–H and O–H groups in total. The Labute approximate surface area is 206 Å². The Kier molecular flexibility index (Phi) is 6.97. The van der Waals surface area contributed by atoms with Crippen molar-refractivity contribution in [1.82, 2.24) is 0 Å². The summed E-state index contributed by atoms with van der Waals surface area (Å²) in [5, 5.41) is 0. The summed E-state index contributed by atoms with van der Waals surface area (Å²) < 4.78 is 10.9. The first-order chi connectivity index (χ1) is 17.1. The van der Waals surface area contributed by atoms with E-state index in [1.165, 1.54) is 24.2 Å². The maximum Gasteiger partial charge on any atom is 0.265 e. The fourth-order valence-corrected chi connectivity index (χ4v) is 5.91. The molecule has 1 aliphatic carbocycles. The van der Waals surface area contributed by atoms with Gasteiger partial charge in [-0.3, -0.25) is 14.6 Å². The second kappa shape index (κ2) is 10.3. The molecule has 2 fully saturated rings. The monoisotopic (exact) mass is 476 g/mol. The number of benzene rings is 2. The number of nitrogens with zero attached hydrogens (tertiary/aromatic N) is 2. The van der Waals surface area contributed by atoms with Crippen LogP contribution in [0.2, 0.25) is 0 Å². The lowest BCUT2D eigenvalue weighted by Gasteiger charge is -2.44. The number of imide groups is 1. The van der Waals surface area contributed by atoms with Gasteiger partial charge >= 0.3 is 0 Å². The van der Waals surface area contributed by atoms with Crippen LogP contribution in [0, 0.1) is 0 Å². The Morgan fingerprint density at radius 2 is 1.77 bits per heavy atom. The summed E-state index contributed by atoms with van der Waals surface area (Å²) in [4.78, 5) is 34.8. The number of carbonyl (C=O) groups is 2. The largest absolute Gasteiger partial charge is 0.497 e. The number of carbonyl (C=O) groups excluding carboxylic acids is 2. The predicted molar refractivity (Wildman–Crippen MR) is 135 cm³/mol. The molecule has 1 atom stereocenters. The summed E-state index contributed by atoms with van der Waals surface area (Å²) in [5.41, 5.74) is 1.93. The van der Waals surface area contributed by atoms with Crippen LogP contribution in [0.5, 0.6) is 5.75 Å². The number of hydrogen-bond acceptors (Lipinski definition) is 5. The van der Waals surface area contributed by atoms with Gasteiger partial charge in [-0.25, -0.2) is 4.90 Å². The van der Waals surface area contributed by atoms with Crippen molar-refractivity contribution in [1.29, 1.82) is 0 Å². The molecule has 35 heavy (non-hydrogen) atoms. The maximum atomic E-state index is 13.7. The number of morpholine rings is 1. The number of hydrogen-bond donors (Lipinski definition) is 1. The second-order valence-electron chi connectivity index (χ2n) is 9.79. The maximum absolute atomic E-state index is 13.7. The fraction of sp³-hybridized carbons (Fsp3) is 0.464. The van der Waals surface area contributed by atoms with Gasteiger partial charge in [0.05, 0.1) is 38.5 Å². The van der Waals surface area contributed by atoms with Crippen molar-refractivity contribution in [3.8, 4) is 5.75 Å². The Hall–Kier alpha value is -3.03. The first-order valence-electron chi connectivity index (χ1n) is 12.7. The van der Waals surface area contributed by atoms with Gasteiger partial charge in [0.15, 0.2) is 0 Å². The van der Waals surface area contributed by atoms with E-state index in [0.717, 1.165) is 44.7 Å². The lowest BCUT2D eigenvalue weighted by molar-refractivity contribution is -0.959. The minimum absolute atomic E-state index is 0.112. The molecule has 3 aliphatic rings. The van der Waals surface area contributed by atoms with Gasteiger partial charge < -0.3 is 14.4 Å². The highest BCUT2D eigenvalue weighted by Gasteiger charge is 2.43. The van der Waals surface area contributed by atoms with E-state index in [-0.39, 0.29) is 17.4 Å². The molecule has 2 heterocycles. The molecular weight excluding hydrogens is 442 g/mol. The summed E-state index contributed by atoms with van der Waals surface area (Å²) in [6, 6.07) is 14.4. The van der Waals surface area contributed by atoms with Crippen molar-refractivity contribution in [2.75, 3.05) is 44.9 Å². The standard InChI is InChI=1S/C28H33N3O4/c1-34-22-11-9-21(10-12-22)31-26(32)24-8-4-3-7-23(24)25(27(31)33)19-29-20-28(13-5-2-6-14-28)30-15-17-35-18-16-30/h3-4,7-12,19,25H,2,5-6,13-18,20H2,1H3/p+1. The first-order valence-corrected chi connectivity index (χ1v) is 12.7. The van der Waals surface area contributed by atoms with E-state index in [2.05, 4.69) is 0 Å². The molecule has 0 radical (unpaired) electrons. The Bertz CT molecular complexity index is 1090. The van der Waals surface area contributed by atoms with E-state index >= 15 is 0 Å². The van der Waals surface area contributed by atoms with Crippen LogP contribution < -0.4 is 14.5 Å². The third-order valence-corrected chi connectivity index (χ3v) is 7.85. The lowest BCUT2D eigenvalue weighted by atomic mass is 9.80. The van der Waals surface area contributed by atoms with Crippen LogP contribution in [0.25, 0.3) is 0 Å². The molecule has 2 amide bonds. The molecule has 1 saturated heterocycles. The third kappa shape index (κ3) is 4.62. The van der Waals surface area contributed by atoms with E-state index in [9.17, 15) is 9.59 Å². The summed E-state index contributed by atoms with van der Waals surface area (Å²) >= 11 is 0. The zero-order valence-corrected chi connectivity index (χ0v) is 20.4. The van der Waals surface area contributed by atoms with Gasteiger partial charge in [0.25, 0.3) is 5.91 Å². The van der Waals surface area contributed by atoms with Gasteiger partial charge in [-0.05, 0) is 48.7 Å². The molecule has 2 aromatic carbocycles. The molecule has 184 valence electrons. The topological polar surface area (TPSA) is 72.6 Å². The molecule has 7 heteroatoms. The van der Waals surface area contributed by atoms with Crippen LogP contribution in [-0.2, 0) is 9.53 Å². The highest BCUT2D eigenvalue weighted by molar-refractivity contribution is 6.29. The molecule has 0 bridgehead atoms. The van der Waals surface area contributed by atoms with Gasteiger partial charge in [-0.1, -0.05) is 24.6 Å². The number of nitrogens with one attached hydrogen (secondary N) is 1. The van der Waals surface area contributed by atoms with Crippen LogP contribution in [0.1, 0.15) is 53.9 Å². The quantitative estimate of drug-likeness (QED) is 0.514. The molecule has 7 nitrogen and oxygen atoms in total. The average molecular weight is 477 g/mol. The highest BCUT2D eigenvalue weighted by Crippen LogP contribution is 2.33. The Balaban J connectivity index is 1.43. The van der Waals surface area contributed by atoms with Crippen LogP contribution in [0.4, 0.5) is 5.69 Å². The Morgan fingerprint density at radius 1 is 1.06 bits per heavy atom. The third-order valence-electron chi connectivity index (χ3n) is 7.85. The van der Waals surface area contributed by atoms with E-state index in [0.29, 0.717) is 23.5 Å².